The Morgan fingerprint density at radius 2 is 0.792 bits per heavy atom. The van der Waals surface area contributed by atoms with Crippen LogP contribution in [0.15, 0.2) is 0 Å². The van der Waals surface area contributed by atoms with Crippen molar-refractivity contribution in [2.24, 2.45) is 5.92 Å². The first kappa shape index (κ1) is 24.0. The van der Waals surface area contributed by atoms with Crippen molar-refractivity contribution in [3.05, 3.63) is 0 Å². The van der Waals surface area contributed by atoms with Crippen LogP contribution in [0.5, 0.6) is 0 Å². The Kier molecular flexibility index (Phi) is 21.0. The van der Waals surface area contributed by atoms with E-state index in [1.807, 2.05) is 0 Å². The second-order valence-electron chi connectivity index (χ2n) is 8.04. The molecule has 0 rings (SSSR count). The molecule has 1 N–H and O–H groups in total. The summed E-state index contributed by atoms with van der Waals surface area (Å²) in [5.74, 6) is 0.941. The average molecular weight is 341 g/mol. The van der Waals surface area contributed by atoms with E-state index in [4.69, 9.17) is 5.11 Å². The number of hydrogen-bond donors (Lipinski definition) is 1. The molecular formula is C23H48O. The van der Waals surface area contributed by atoms with Gasteiger partial charge in [-0.3, -0.25) is 0 Å². The molecule has 0 aromatic heterocycles. The highest BCUT2D eigenvalue weighted by Crippen LogP contribution is 2.16. The summed E-state index contributed by atoms with van der Waals surface area (Å²) in [6.07, 6.45) is 26.6. The molecule has 24 heavy (non-hydrogen) atoms. The summed E-state index contributed by atoms with van der Waals surface area (Å²) in [6, 6.07) is 0. The summed E-state index contributed by atoms with van der Waals surface area (Å²) in [4.78, 5) is 0. The normalized spacial score (nSPS) is 12.6. The second-order valence-corrected chi connectivity index (χ2v) is 8.04. The number of unbranched alkanes of at least 4 members (excludes halogenated alkanes) is 16. The van der Waals surface area contributed by atoms with Crippen molar-refractivity contribution >= 4 is 0 Å². The molecule has 0 unspecified atom stereocenters. The molecule has 0 aliphatic rings. The van der Waals surface area contributed by atoms with E-state index in [1.165, 1.54) is 116 Å². The number of aliphatic hydroxyl groups excluding tert-OH is 1. The molecule has 0 aliphatic carbocycles. The first-order valence-corrected chi connectivity index (χ1v) is 11.4. The van der Waals surface area contributed by atoms with E-state index in [2.05, 4.69) is 13.8 Å². The molecule has 0 bridgehead atoms. The van der Waals surface area contributed by atoms with Crippen LogP contribution in [0.1, 0.15) is 136 Å². The lowest BCUT2D eigenvalue weighted by Gasteiger charge is -2.07. The van der Waals surface area contributed by atoms with E-state index in [9.17, 15) is 0 Å². The number of rotatable bonds is 20. The van der Waals surface area contributed by atoms with Crippen LogP contribution < -0.4 is 0 Å². The standard InChI is InChI=1S/C23H48O/c1-3-23(2)21-19-17-15-13-11-9-7-5-4-6-8-10-12-14-16-18-20-22-24/h23-24H,3-22H2,1-2H3/t23-/m0/s1. The Morgan fingerprint density at radius 3 is 1.08 bits per heavy atom. The van der Waals surface area contributed by atoms with Gasteiger partial charge in [-0.15, -0.1) is 0 Å². The van der Waals surface area contributed by atoms with Crippen LogP contribution in [0.3, 0.4) is 0 Å². The fourth-order valence-electron chi connectivity index (χ4n) is 3.46. The third-order valence-corrected chi connectivity index (χ3v) is 5.55. The van der Waals surface area contributed by atoms with Gasteiger partial charge in [-0.1, -0.05) is 129 Å². The number of aliphatic hydroxyl groups is 1. The van der Waals surface area contributed by atoms with Crippen LogP contribution in [0, 0.1) is 5.92 Å². The van der Waals surface area contributed by atoms with Crippen LogP contribution in [0.25, 0.3) is 0 Å². The Bertz CT molecular complexity index is 214. The average Bonchev–Trinajstić information content (AvgIpc) is 2.60. The third-order valence-electron chi connectivity index (χ3n) is 5.55. The van der Waals surface area contributed by atoms with Crippen molar-refractivity contribution in [2.45, 2.75) is 136 Å². The number of hydrogen-bond acceptors (Lipinski definition) is 1. The molecule has 1 nitrogen and oxygen atoms in total. The zero-order chi connectivity index (χ0) is 17.7. The van der Waals surface area contributed by atoms with Crippen molar-refractivity contribution < 1.29 is 5.11 Å². The molecule has 1 heteroatoms. The van der Waals surface area contributed by atoms with E-state index < -0.39 is 0 Å². The quantitative estimate of drug-likeness (QED) is 0.222. The molecule has 0 fully saturated rings. The highest BCUT2D eigenvalue weighted by molar-refractivity contribution is 4.53. The van der Waals surface area contributed by atoms with Gasteiger partial charge in [0.2, 0.25) is 0 Å². The SMILES string of the molecule is CC[C@H](C)CCCCCCCCCCCCCCCCCCCO. The Labute approximate surface area is 154 Å². The maximum atomic E-state index is 8.72. The minimum atomic E-state index is 0.373. The van der Waals surface area contributed by atoms with Crippen molar-refractivity contribution in [1.29, 1.82) is 0 Å². The fourth-order valence-corrected chi connectivity index (χ4v) is 3.46. The van der Waals surface area contributed by atoms with Gasteiger partial charge in [0, 0.05) is 6.61 Å². The maximum Gasteiger partial charge on any atom is 0.0431 e. The molecule has 0 amide bonds. The van der Waals surface area contributed by atoms with E-state index in [0.29, 0.717) is 6.61 Å². The molecule has 0 aromatic rings. The zero-order valence-electron chi connectivity index (χ0n) is 17.2. The summed E-state index contributed by atoms with van der Waals surface area (Å²) < 4.78 is 0. The van der Waals surface area contributed by atoms with Gasteiger partial charge >= 0.3 is 0 Å². The van der Waals surface area contributed by atoms with Gasteiger partial charge in [-0.25, -0.2) is 0 Å². The van der Waals surface area contributed by atoms with Crippen molar-refractivity contribution in [3.8, 4) is 0 Å². The minimum absolute atomic E-state index is 0.373. The first-order valence-electron chi connectivity index (χ1n) is 11.4. The molecule has 0 heterocycles. The summed E-state index contributed by atoms with van der Waals surface area (Å²) in [6.45, 7) is 5.07. The monoisotopic (exact) mass is 340 g/mol. The fraction of sp³-hybridized carbons (Fsp3) is 1.00. The van der Waals surface area contributed by atoms with Crippen molar-refractivity contribution in [1.82, 2.24) is 0 Å². The third kappa shape index (κ3) is 20.0. The van der Waals surface area contributed by atoms with Crippen LogP contribution in [0.2, 0.25) is 0 Å². The van der Waals surface area contributed by atoms with E-state index >= 15 is 0 Å². The minimum Gasteiger partial charge on any atom is -0.396 e. The Hall–Kier alpha value is -0.0400. The van der Waals surface area contributed by atoms with Crippen LogP contribution in [-0.2, 0) is 0 Å². The molecule has 0 spiro atoms. The van der Waals surface area contributed by atoms with Crippen molar-refractivity contribution in [3.63, 3.8) is 0 Å². The second kappa shape index (κ2) is 21.0. The molecular weight excluding hydrogens is 292 g/mol. The Balaban J connectivity index is 2.98. The van der Waals surface area contributed by atoms with Gasteiger partial charge in [0.05, 0.1) is 0 Å². The summed E-state index contributed by atoms with van der Waals surface area (Å²) >= 11 is 0. The van der Waals surface area contributed by atoms with E-state index in [0.717, 1.165) is 12.3 Å². The molecule has 0 aliphatic heterocycles. The first-order chi connectivity index (χ1) is 11.8. The van der Waals surface area contributed by atoms with Crippen LogP contribution in [-0.4, -0.2) is 11.7 Å². The predicted molar refractivity (Wildman–Crippen MR) is 110 cm³/mol. The molecule has 146 valence electrons. The summed E-state index contributed by atoms with van der Waals surface area (Å²) in [5.41, 5.74) is 0. The predicted octanol–water partition coefficient (Wildman–Crippen LogP) is 8.05. The summed E-state index contributed by atoms with van der Waals surface area (Å²) in [7, 11) is 0. The van der Waals surface area contributed by atoms with Crippen molar-refractivity contribution in [2.75, 3.05) is 6.61 Å². The molecule has 0 aromatic carbocycles. The molecule has 1 atom stereocenters. The van der Waals surface area contributed by atoms with Gasteiger partial charge in [0.15, 0.2) is 0 Å². The lowest BCUT2D eigenvalue weighted by molar-refractivity contribution is 0.282. The highest BCUT2D eigenvalue weighted by Gasteiger charge is 1.98. The smallest absolute Gasteiger partial charge is 0.0431 e. The van der Waals surface area contributed by atoms with Gasteiger partial charge in [0.1, 0.15) is 0 Å². The maximum absolute atomic E-state index is 8.72. The molecule has 0 saturated carbocycles. The zero-order valence-corrected chi connectivity index (χ0v) is 17.2. The highest BCUT2D eigenvalue weighted by atomic mass is 16.2. The van der Waals surface area contributed by atoms with Gasteiger partial charge in [0.25, 0.3) is 0 Å². The van der Waals surface area contributed by atoms with Gasteiger partial charge < -0.3 is 5.11 Å². The topological polar surface area (TPSA) is 20.2 Å². The van der Waals surface area contributed by atoms with Crippen LogP contribution >= 0.6 is 0 Å². The Morgan fingerprint density at radius 1 is 0.500 bits per heavy atom. The largest absolute Gasteiger partial charge is 0.396 e. The van der Waals surface area contributed by atoms with Crippen LogP contribution in [0.4, 0.5) is 0 Å². The van der Waals surface area contributed by atoms with E-state index in [-0.39, 0.29) is 0 Å². The molecule has 0 saturated heterocycles. The molecule has 0 radical (unpaired) electrons. The van der Waals surface area contributed by atoms with Gasteiger partial charge in [-0.05, 0) is 12.3 Å². The lowest BCUT2D eigenvalue weighted by Crippen LogP contribution is -1.91. The van der Waals surface area contributed by atoms with Gasteiger partial charge in [-0.2, -0.15) is 0 Å². The summed E-state index contributed by atoms with van der Waals surface area (Å²) in [5, 5.41) is 8.72. The lowest BCUT2D eigenvalue weighted by atomic mass is 9.99. The van der Waals surface area contributed by atoms with E-state index in [1.54, 1.807) is 0 Å².